The lowest BCUT2D eigenvalue weighted by atomic mass is 10.1. The minimum Gasteiger partial charge on any atom is -0.379 e. The van der Waals surface area contributed by atoms with Crippen LogP contribution in [-0.2, 0) is 24.8 Å². The second-order valence-corrected chi connectivity index (χ2v) is 10.1. The number of morpholine rings is 1. The first-order chi connectivity index (χ1) is 11.8. The third kappa shape index (κ3) is 3.88. The monoisotopic (exact) mass is 389 g/mol. The third-order valence-electron chi connectivity index (χ3n) is 4.49. The maximum absolute atomic E-state index is 12.7. The highest BCUT2D eigenvalue weighted by atomic mass is 32.2. The van der Waals surface area contributed by atoms with Crippen molar-refractivity contribution in [2.75, 3.05) is 39.4 Å². The highest BCUT2D eigenvalue weighted by Crippen LogP contribution is 2.23. The van der Waals surface area contributed by atoms with Crippen LogP contribution >= 0.6 is 0 Å². The summed E-state index contributed by atoms with van der Waals surface area (Å²) < 4.78 is 58.4. The molecule has 2 aliphatic heterocycles. The predicted octanol–water partition coefficient (Wildman–Crippen LogP) is -0.181. The minimum atomic E-state index is -3.66. The molecule has 0 spiro atoms. The van der Waals surface area contributed by atoms with Crippen LogP contribution in [0.2, 0.25) is 0 Å². The van der Waals surface area contributed by atoms with Gasteiger partial charge in [-0.05, 0) is 37.1 Å². The molecule has 25 heavy (non-hydrogen) atoms. The Kier molecular flexibility index (Phi) is 5.47. The molecule has 1 aromatic rings. The van der Waals surface area contributed by atoms with E-state index in [2.05, 4.69) is 0 Å². The molecule has 0 radical (unpaired) electrons. The van der Waals surface area contributed by atoms with E-state index in [1.165, 1.54) is 32.9 Å². The highest BCUT2D eigenvalue weighted by molar-refractivity contribution is 7.89. The van der Waals surface area contributed by atoms with E-state index in [1.54, 1.807) is 0 Å². The van der Waals surface area contributed by atoms with Crippen molar-refractivity contribution in [1.82, 2.24) is 8.61 Å². The van der Waals surface area contributed by atoms with Crippen LogP contribution in [0.5, 0.6) is 0 Å². The Morgan fingerprint density at radius 1 is 0.880 bits per heavy atom. The summed E-state index contributed by atoms with van der Waals surface area (Å²) >= 11 is 0. The van der Waals surface area contributed by atoms with Crippen LogP contribution in [0.1, 0.15) is 12.8 Å². The summed E-state index contributed by atoms with van der Waals surface area (Å²) in [7, 11) is -7.29. The van der Waals surface area contributed by atoms with Crippen LogP contribution < -0.4 is 5.73 Å². The minimum absolute atomic E-state index is 0.0857. The van der Waals surface area contributed by atoms with Gasteiger partial charge in [0.25, 0.3) is 0 Å². The molecule has 8 nitrogen and oxygen atoms in total. The van der Waals surface area contributed by atoms with Crippen molar-refractivity contribution in [2.24, 2.45) is 5.73 Å². The Morgan fingerprint density at radius 2 is 1.40 bits per heavy atom. The Bertz CT molecular complexity index is 802. The Labute approximate surface area is 148 Å². The summed E-state index contributed by atoms with van der Waals surface area (Å²) in [6, 6.07) is 5.24. The van der Waals surface area contributed by atoms with Crippen molar-refractivity contribution in [3.05, 3.63) is 24.3 Å². The van der Waals surface area contributed by atoms with Crippen LogP contribution in [0.3, 0.4) is 0 Å². The Balaban J connectivity index is 1.82. The summed E-state index contributed by atoms with van der Waals surface area (Å²) in [6.45, 7) is 2.05. The van der Waals surface area contributed by atoms with Gasteiger partial charge in [0.15, 0.2) is 0 Å². The summed E-state index contributed by atoms with van der Waals surface area (Å²) in [5, 5.41) is 0. The molecule has 140 valence electrons. The molecule has 1 atom stereocenters. The van der Waals surface area contributed by atoms with Gasteiger partial charge in [0.2, 0.25) is 20.0 Å². The van der Waals surface area contributed by atoms with Gasteiger partial charge in [-0.3, -0.25) is 0 Å². The number of hydrogen-bond acceptors (Lipinski definition) is 6. The van der Waals surface area contributed by atoms with Crippen LogP contribution in [0, 0.1) is 0 Å². The van der Waals surface area contributed by atoms with Gasteiger partial charge in [-0.1, -0.05) is 0 Å². The molecular weight excluding hydrogens is 366 g/mol. The largest absolute Gasteiger partial charge is 0.379 e. The molecular formula is C15H23N3O5S2. The van der Waals surface area contributed by atoms with Gasteiger partial charge in [0.1, 0.15) is 0 Å². The van der Waals surface area contributed by atoms with E-state index in [-0.39, 0.29) is 22.4 Å². The Morgan fingerprint density at radius 3 is 1.92 bits per heavy atom. The maximum atomic E-state index is 12.7. The van der Waals surface area contributed by atoms with Crippen molar-refractivity contribution in [2.45, 2.75) is 28.7 Å². The molecule has 0 aromatic heterocycles. The molecule has 1 aromatic carbocycles. The third-order valence-corrected chi connectivity index (χ3v) is 8.28. The molecule has 0 aliphatic carbocycles. The van der Waals surface area contributed by atoms with Crippen molar-refractivity contribution >= 4 is 20.0 Å². The molecule has 2 N–H and O–H groups in total. The van der Waals surface area contributed by atoms with Gasteiger partial charge in [-0.25, -0.2) is 16.8 Å². The molecule has 2 aliphatic rings. The topological polar surface area (TPSA) is 110 Å². The second kappa shape index (κ2) is 7.29. The number of benzene rings is 1. The van der Waals surface area contributed by atoms with Gasteiger partial charge >= 0.3 is 0 Å². The van der Waals surface area contributed by atoms with E-state index in [9.17, 15) is 16.8 Å². The zero-order chi connectivity index (χ0) is 18.1. The van der Waals surface area contributed by atoms with Crippen molar-refractivity contribution in [3.63, 3.8) is 0 Å². The molecule has 1 unspecified atom stereocenters. The van der Waals surface area contributed by atoms with E-state index in [1.807, 2.05) is 0 Å². The molecule has 0 saturated carbocycles. The molecule has 0 amide bonds. The first-order valence-electron chi connectivity index (χ1n) is 8.25. The lowest BCUT2D eigenvalue weighted by molar-refractivity contribution is 0.0730. The fourth-order valence-electron chi connectivity index (χ4n) is 3.06. The number of nitrogens with two attached hydrogens (primary N) is 1. The van der Waals surface area contributed by atoms with Crippen molar-refractivity contribution in [3.8, 4) is 0 Å². The molecule has 2 saturated heterocycles. The SMILES string of the molecule is NC1CCCN(S(=O)(=O)c2ccc(S(=O)(=O)N3CCOCC3)cc2)C1. The molecule has 0 bridgehead atoms. The average molecular weight is 389 g/mol. The van der Waals surface area contributed by atoms with Crippen LogP contribution in [0.15, 0.2) is 34.1 Å². The quantitative estimate of drug-likeness (QED) is 0.765. The number of rotatable bonds is 4. The van der Waals surface area contributed by atoms with Crippen molar-refractivity contribution < 1.29 is 21.6 Å². The fourth-order valence-corrected chi connectivity index (χ4v) is 6.00. The number of sulfonamides is 2. The van der Waals surface area contributed by atoms with Gasteiger partial charge in [-0.2, -0.15) is 8.61 Å². The molecule has 2 heterocycles. The predicted molar refractivity (Wildman–Crippen MR) is 92.0 cm³/mol. The summed E-state index contributed by atoms with van der Waals surface area (Å²) in [5.41, 5.74) is 5.86. The summed E-state index contributed by atoms with van der Waals surface area (Å²) in [4.78, 5) is 0.172. The van der Waals surface area contributed by atoms with Crippen LogP contribution in [0.25, 0.3) is 0 Å². The second-order valence-electron chi connectivity index (χ2n) is 6.25. The number of hydrogen-bond donors (Lipinski definition) is 1. The lowest BCUT2D eigenvalue weighted by Crippen LogP contribution is -2.45. The van der Waals surface area contributed by atoms with Crippen LogP contribution in [0.4, 0.5) is 0 Å². The molecule has 2 fully saturated rings. The van der Waals surface area contributed by atoms with E-state index in [4.69, 9.17) is 10.5 Å². The lowest BCUT2D eigenvalue weighted by Gasteiger charge is -2.30. The first-order valence-corrected chi connectivity index (χ1v) is 11.1. The fraction of sp³-hybridized carbons (Fsp3) is 0.600. The highest BCUT2D eigenvalue weighted by Gasteiger charge is 2.30. The smallest absolute Gasteiger partial charge is 0.243 e. The number of piperidine rings is 1. The standard InChI is InChI=1S/C15H23N3O5S2/c16-13-2-1-7-18(12-13)25(21,22)15-5-3-14(4-6-15)24(19,20)17-8-10-23-11-9-17/h3-6,13H,1-2,7-12,16H2. The van der Waals surface area contributed by atoms with E-state index >= 15 is 0 Å². The van der Waals surface area contributed by atoms with Gasteiger partial charge in [0, 0.05) is 32.2 Å². The number of ether oxygens (including phenoxy) is 1. The summed E-state index contributed by atoms with van der Waals surface area (Å²) in [5.74, 6) is 0. The van der Waals surface area contributed by atoms with Crippen molar-refractivity contribution in [1.29, 1.82) is 0 Å². The first kappa shape index (κ1) is 18.7. The van der Waals surface area contributed by atoms with E-state index in [0.717, 1.165) is 12.8 Å². The normalized spacial score (nSPS) is 24.3. The zero-order valence-electron chi connectivity index (χ0n) is 13.9. The summed E-state index contributed by atoms with van der Waals surface area (Å²) in [6.07, 6.45) is 1.53. The van der Waals surface area contributed by atoms with E-state index < -0.39 is 20.0 Å². The van der Waals surface area contributed by atoms with Gasteiger partial charge in [0.05, 0.1) is 23.0 Å². The van der Waals surface area contributed by atoms with E-state index in [0.29, 0.717) is 32.8 Å². The average Bonchev–Trinajstić information content (AvgIpc) is 2.62. The number of nitrogens with zero attached hydrogens (tertiary/aromatic N) is 2. The van der Waals surface area contributed by atoms with Gasteiger partial charge < -0.3 is 10.5 Å². The molecule has 3 rings (SSSR count). The zero-order valence-corrected chi connectivity index (χ0v) is 15.5. The van der Waals surface area contributed by atoms with Crippen LogP contribution in [-0.4, -0.2) is 70.9 Å². The Hall–Kier alpha value is -1.04. The van der Waals surface area contributed by atoms with Gasteiger partial charge in [-0.15, -0.1) is 0 Å². The maximum Gasteiger partial charge on any atom is 0.243 e. The molecule has 10 heteroatoms.